The van der Waals surface area contributed by atoms with Gasteiger partial charge < -0.3 is 19.4 Å². The molecule has 3 aromatic carbocycles. The zero-order valence-corrected chi connectivity index (χ0v) is 18.3. The maximum absolute atomic E-state index is 10.8. The fourth-order valence-electron chi connectivity index (χ4n) is 3.29. The highest BCUT2D eigenvalue weighted by Gasteiger charge is 2.07. The second-order valence-corrected chi connectivity index (χ2v) is 7.07. The van der Waals surface area contributed by atoms with Crippen LogP contribution in [-0.2, 0) is 16.1 Å². The summed E-state index contributed by atoms with van der Waals surface area (Å²) in [5.74, 6) is 0.572. The largest absolute Gasteiger partial charge is 0.496 e. The first kappa shape index (κ1) is 22.9. The molecule has 0 aliphatic heterocycles. The van der Waals surface area contributed by atoms with Crippen LogP contribution in [0.4, 0.5) is 0 Å². The quantitative estimate of drug-likeness (QED) is 0.256. The van der Waals surface area contributed by atoms with Crippen molar-refractivity contribution in [2.45, 2.75) is 19.8 Å². The summed E-state index contributed by atoms with van der Waals surface area (Å²) >= 11 is 0. The Labute approximate surface area is 188 Å². The van der Waals surface area contributed by atoms with Crippen molar-refractivity contribution in [3.8, 4) is 22.6 Å². The van der Waals surface area contributed by atoms with E-state index < -0.39 is 5.97 Å². The Morgan fingerprint density at radius 1 is 0.969 bits per heavy atom. The Morgan fingerprint density at radius 3 is 2.47 bits per heavy atom. The van der Waals surface area contributed by atoms with Gasteiger partial charge in [0.05, 0.1) is 19.2 Å². The predicted molar refractivity (Wildman–Crippen MR) is 124 cm³/mol. The van der Waals surface area contributed by atoms with Crippen LogP contribution in [-0.4, -0.2) is 37.1 Å². The Balaban J connectivity index is 1.55. The van der Waals surface area contributed by atoms with Gasteiger partial charge in [0.25, 0.3) is 0 Å². The second kappa shape index (κ2) is 11.6. The van der Waals surface area contributed by atoms with Gasteiger partial charge in [-0.2, -0.15) is 0 Å². The van der Waals surface area contributed by atoms with E-state index >= 15 is 0 Å². The van der Waals surface area contributed by atoms with Crippen LogP contribution >= 0.6 is 0 Å². The normalized spacial score (nSPS) is 11.1. The van der Waals surface area contributed by atoms with Crippen molar-refractivity contribution in [3.63, 3.8) is 0 Å². The molecule has 0 bridgehead atoms. The van der Waals surface area contributed by atoms with E-state index in [-0.39, 0.29) is 13.0 Å². The minimum atomic E-state index is -0.872. The van der Waals surface area contributed by atoms with Gasteiger partial charge in [-0.3, -0.25) is 4.79 Å². The fraction of sp³-hybridized carbons (Fsp3) is 0.231. The van der Waals surface area contributed by atoms with Crippen LogP contribution in [0, 0.1) is 0 Å². The number of ether oxygens (including phenoxy) is 2. The molecular weight excluding hydrogens is 406 g/mol. The van der Waals surface area contributed by atoms with Crippen molar-refractivity contribution in [1.29, 1.82) is 0 Å². The zero-order chi connectivity index (χ0) is 22.8. The Bertz CT molecular complexity index is 1060. The lowest BCUT2D eigenvalue weighted by Crippen LogP contribution is -2.07. The van der Waals surface area contributed by atoms with Crippen molar-refractivity contribution in [2.24, 2.45) is 5.16 Å². The average molecular weight is 434 g/mol. The van der Waals surface area contributed by atoms with Gasteiger partial charge in [-0.05, 0) is 41.3 Å². The summed E-state index contributed by atoms with van der Waals surface area (Å²) in [6, 6.07) is 23.1. The van der Waals surface area contributed by atoms with E-state index in [1.165, 1.54) is 0 Å². The summed E-state index contributed by atoms with van der Waals surface area (Å²) < 4.78 is 11.1. The summed E-state index contributed by atoms with van der Waals surface area (Å²) in [7, 11) is 1.67. The second-order valence-electron chi connectivity index (χ2n) is 7.07. The molecule has 6 heteroatoms. The van der Waals surface area contributed by atoms with Gasteiger partial charge in [0.1, 0.15) is 18.1 Å². The van der Waals surface area contributed by atoms with Crippen molar-refractivity contribution in [1.82, 2.24) is 0 Å². The highest BCUT2D eigenvalue weighted by atomic mass is 16.6. The molecule has 32 heavy (non-hydrogen) atoms. The molecule has 0 aromatic heterocycles. The number of carboxylic acids is 1. The monoisotopic (exact) mass is 433 g/mol. The van der Waals surface area contributed by atoms with E-state index in [1.807, 2.05) is 55.5 Å². The SMILES string of the molecule is CC/C(=N\OCCOc1cccc(CC(=O)O)c1)c1ccc(-c2ccccc2OC)cc1. The average Bonchev–Trinajstić information content (AvgIpc) is 2.81. The smallest absolute Gasteiger partial charge is 0.307 e. The van der Waals surface area contributed by atoms with Crippen LogP contribution in [0.25, 0.3) is 11.1 Å². The van der Waals surface area contributed by atoms with Gasteiger partial charge in [-0.1, -0.05) is 66.7 Å². The van der Waals surface area contributed by atoms with Crippen molar-refractivity contribution in [3.05, 3.63) is 83.9 Å². The molecular formula is C26H27NO5. The molecule has 0 unspecified atom stereocenters. The summed E-state index contributed by atoms with van der Waals surface area (Å²) in [5.41, 5.74) is 4.64. The number of hydrogen-bond donors (Lipinski definition) is 1. The van der Waals surface area contributed by atoms with Gasteiger partial charge in [0, 0.05) is 5.56 Å². The van der Waals surface area contributed by atoms with Gasteiger partial charge in [-0.25, -0.2) is 0 Å². The Kier molecular flexibility index (Phi) is 8.26. The van der Waals surface area contributed by atoms with Crippen LogP contribution in [0.5, 0.6) is 11.5 Å². The first-order valence-corrected chi connectivity index (χ1v) is 10.5. The number of methoxy groups -OCH3 is 1. The van der Waals surface area contributed by atoms with Crippen LogP contribution in [0.2, 0.25) is 0 Å². The molecule has 0 heterocycles. The summed E-state index contributed by atoms with van der Waals surface area (Å²) in [6.07, 6.45) is 0.694. The molecule has 6 nitrogen and oxygen atoms in total. The van der Waals surface area contributed by atoms with Gasteiger partial charge >= 0.3 is 5.97 Å². The lowest BCUT2D eigenvalue weighted by atomic mass is 10.0. The van der Waals surface area contributed by atoms with Crippen molar-refractivity contribution in [2.75, 3.05) is 20.3 Å². The van der Waals surface area contributed by atoms with Crippen LogP contribution in [0.1, 0.15) is 24.5 Å². The summed E-state index contributed by atoms with van der Waals surface area (Å²) in [6.45, 7) is 2.62. The van der Waals surface area contributed by atoms with Crippen molar-refractivity contribution < 1.29 is 24.2 Å². The maximum atomic E-state index is 10.8. The minimum Gasteiger partial charge on any atom is -0.496 e. The van der Waals surface area contributed by atoms with Crippen LogP contribution < -0.4 is 9.47 Å². The first-order valence-electron chi connectivity index (χ1n) is 10.5. The van der Waals surface area contributed by atoms with Gasteiger partial charge in [0.15, 0.2) is 6.61 Å². The number of oxime groups is 1. The van der Waals surface area contributed by atoms with E-state index in [1.54, 1.807) is 31.4 Å². The highest BCUT2D eigenvalue weighted by Crippen LogP contribution is 2.29. The molecule has 1 N–H and O–H groups in total. The van der Waals surface area contributed by atoms with E-state index in [9.17, 15) is 4.79 Å². The molecule has 0 spiro atoms. The van der Waals surface area contributed by atoms with Gasteiger partial charge in [-0.15, -0.1) is 0 Å². The number of rotatable bonds is 11. The Morgan fingerprint density at radius 2 is 1.75 bits per heavy atom. The van der Waals surface area contributed by atoms with E-state index in [2.05, 4.69) is 5.16 Å². The number of aliphatic carboxylic acids is 1. The highest BCUT2D eigenvalue weighted by molar-refractivity contribution is 6.00. The molecule has 0 amide bonds. The number of carboxylic acid groups (broad SMARTS) is 1. The first-order chi connectivity index (χ1) is 15.6. The van der Waals surface area contributed by atoms with Crippen molar-refractivity contribution >= 4 is 11.7 Å². The molecule has 0 atom stereocenters. The maximum Gasteiger partial charge on any atom is 0.307 e. The summed E-state index contributed by atoms with van der Waals surface area (Å²) in [4.78, 5) is 16.3. The molecule has 166 valence electrons. The van der Waals surface area contributed by atoms with Crippen LogP contribution in [0.3, 0.4) is 0 Å². The van der Waals surface area contributed by atoms with E-state index in [0.29, 0.717) is 17.9 Å². The fourth-order valence-corrected chi connectivity index (χ4v) is 3.29. The lowest BCUT2D eigenvalue weighted by Gasteiger charge is -2.10. The van der Waals surface area contributed by atoms with E-state index in [0.717, 1.165) is 34.6 Å². The third kappa shape index (κ3) is 6.35. The number of hydrogen-bond acceptors (Lipinski definition) is 5. The molecule has 3 rings (SSSR count). The molecule has 0 fully saturated rings. The molecule has 0 aliphatic carbocycles. The number of para-hydroxylation sites is 1. The number of benzene rings is 3. The molecule has 3 aromatic rings. The molecule has 0 saturated heterocycles. The third-order valence-corrected chi connectivity index (χ3v) is 4.84. The van der Waals surface area contributed by atoms with Crippen LogP contribution in [0.15, 0.2) is 78.0 Å². The minimum absolute atomic E-state index is 0.0340. The van der Waals surface area contributed by atoms with Gasteiger partial charge in [0.2, 0.25) is 0 Å². The Hall–Kier alpha value is -3.80. The molecule has 0 saturated carbocycles. The molecule has 0 radical (unpaired) electrons. The van der Waals surface area contributed by atoms with E-state index in [4.69, 9.17) is 19.4 Å². The molecule has 0 aliphatic rings. The lowest BCUT2D eigenvalue weighted by molar-refractivity contribution is -0.136. The zero-order valence-electron chi connectivity index (χ0n) is 18.3. The number of carbonyl (C=O) groups is 1. The number of nitrogens with zero attached hydrogens (tertiary/aromatic N) is 1. The predicted octanol–water partition coefficient (Wildman–Crippen LogP) is 5.20. The standard InChI is InChI=1S/C26H27NO5/c1-3-24(21-13-11-20(12-14-21)23-9-4-5-10-25(23)30-2)27-32-16-15-31-22-8-6-7-19(17-22)18-26(28)29/h4-14,17H,3,15-16,18H2,1-2H3,(H,28,29)/b27-24+. The topological polar surface area (TPSA) is 77.4 Å². The summed E-state index contributed by atoms with van der Waals surface area (Å²) in [5, 5.41) is 13.2. The third-order valence-electron chi connectivity index (χ3n) is 4.84.